The monoisotopic (exact) mass is 589 g/mol. The molecule has 3 heterocycles. The zero-order valence-electron chi connectivity index (χ0n) is 23.5. The van der Waals surface area contributed by atoms with E-state index in [1.54, 1.807) is 29.0 Å². The molecule has 1 aliphatic carbocycles. The second kappa shape index (κ2) is 11.5. The van der Waals surface area contributed by atoms with Crippen molar-refractivity contribution in [3.05, 3.63) is 118 Å². The Bertz CT molecular complexity index is 1790. The number of carbonyl (C=O) groups excluding carboxylic acids is 2. The molecule has 8 nitrogen and oxygen atoms in total. The van der Waals surface area contributed by atoms with Crippen LogP contribution in [0, 0.1) is 0 Å². The van der Waals surface area contributed by atoms with Gasteiger partial charge in [0.2, 0.25) is 5.91 Å². The molecule has 2 atom stereocenters. The number of likely N-dealkylation sites (tertiary alicyclic amines) is 1. The molecule has 1 aromatic heterocycles. The summed E-state index contributed by atoms with van der Waals surface area (Å²) in [5.41, 5.74) is 8.36. The van der Waals surface area contributed by atoms with Crippen LogP contribution in [0.25, 0.3) is 17.3 Å². The molecule has 1 fully saturated rings. The average molecular weight is 590 g/mol. The van der Waals surface area contributed by atoms with Crippen LogP contribution in [0.15, 0.2) is 85.3 Å². The summed E-state index contributed by atoms with van der Waals surface area (Å²) in [4.78, 5) is 31.6. The van der Waals surface area contributed by atoms with Crippen LogP contribution in [0.2, 0.25) is 5.02 Å². The maximum Gasteiger partial charge on any atom is 0.247 e. The summed E-state index contributed by atoms with van der Waals surface area (Å²) in [6.45, 7) is 0.661. The molecule has 0 radical (unpaired) electrons. The van der Waals surface area contributed by atoms with Crippen LogP contribution >= 0.6 is 11.6 Å². The Morgan fingerprint density at radius 1 is 1.00 bits per heavy atom. The molecule has 43 heavy (non-hydrogen) atoms. The molecule has 0 saturated carbocycles. The Hall–Kier alpha value is -4.69. The molecule has 1 saturated heterocycles. The first kappa shape index (κ1) is 27.2. The Morgan fingerprint density at radius 2 is 1.86 bits per heavy atom. The maximum absolute atomic E-state index is 14.0. The minimum atomic E-state index is -0.128. The molecule has 0 bridgehead atoms. The van der Waals surface area contributed by atoms with Crippen molar-refractivity contribution >= 4 is 40.7 Å². The summed E-state index contributed by atoms with van der Waals surface area (Å²) in [5.74, 6) is 0.367. The fraction of sp³-hybridized carbons (Fsp3) is 0.235. The van der Waals surface area contributed by atoms with E-state index in [0.717, 1.165) is 46.5 Å². The van der Waals surface area contributed by atoms with E-state index < -0.39 is 0 Å². The lowest BCUT2D eigenvalue weighted by molar-refractivity contribution is -0.372. The predicted molar refractivity (Wildman–Crippen MR) is 165 cm³/mol. The molecule has 7 rings (SSSR count). The summed E-state index contributed by atoms with van der Waals surface area (Å²) in [5, 5.41) is 12.0. The smallest absolute Gasteiger partial charge is 0.247 e. The van der Waals surface area contributed by atoms with Gasteiger partial charge in [-0.1, -0.05) is 60.1 Å². The number of hydrogen-bond donors (Lipinski definition) is 1. The number of tetrazole rings is 1. The van der Waals surface area contributed by atoms with E-state index in [-0.39, 0.29) is 23.7 Å². The molecule has 0 unspecified atom stereocenters. The second-order valence-corrected chi connectivity index (χ2v) is 11.8. The zero-order valence-corrected chi connectivity index (χ0v) is 24.2. The van der Waals surface area contributed by atoms with Crippen molar-refractivity contribution < 1.29 is 14.6 Å². The number of Topliss-reactive ketones (excluding diaryl/α,β-unsaturated/α-hetero) is 1. The third kappa shape index (κ3) is 5.46. The number of nitrogens with one attached hydrogen (secondary N) is 1. The molecule has 3 aliphatic rings. The molecular weight excluding hydrogens is 560 g/mol. The number of ketones is 1. The maximum atomic E-state index is 14.0. The number of benzene rings is 3. The highest BCUT2D eigenvalue weighted by molar-refractivity contribution is 6.30. The van der Waals surface area contributed by atoms with Crippen LogP contribution in [0.5, 0.6) is 0 Å². The van der Waals surface area contributed by atoms with Gasteiger partial charge in [-0.05, 0) is 69.8 Å². The lowest BCUT2D eigenvalue weighted by atomic mass is 9.79. The van der Waals surface area contributed by atoms with Crippen LogP contribution in [0.3, 0.4) is 0 Å². The van der Waals surface area contributed by atoms with Gasteiger partial charge in [0.25, 0.3) is 0 Å². The number of rotatable bonds is 6. The third-order valence-corrected chi connectivity index (χ3v) is 8.89. The number of aromatic nitrogens is 4. The Labute approximate surface area is 254 Å². The second-order valence-electron chi connectivity index (χ2n) is 11.3. The summed E-state index contributed by atoms with van der Waals surface area (Å²) >= 11 is 6.32. The van der Waals surface area contributed by atoms with Gasteiger partial charge in [0, 0.05) is 47.5 Å². The minimum absolute atomic E-state index is 0.0629. The van der Waals surface area contributed by atoms with Crippen molar-refractivity contribution in [1.82, 2.24) is 25.1 Å². The van der Waals surface area contributed by atoms with Crippen LogP contribution in [-0.2, 0) is 22.4 Å². The summed E-state index contributed by atoms with van der Waals surface area (Å²) in [7, 11) is 0. The van der Waals surface area contributed by atoms with Gasteiger partial charge < -0.3 is 4.90 Å². The molecule has 1 N–H and O–H groups in total. The minimum Gasteiger partial charge on any atom is -0.326 e. The van der Waals surface area contributed by atoms with Crippen molar-refractivity contribution in [2.45, 2.75) is 44.1 Å². The SMILES string of the molecule is O=C1Cc2ccc(C3=C[NH+]=C([C@@H]4[C@H](c5ccccc5)CCCN4C(=O)/C=C/c4cc(Cl)ccc4-n4cnnn4)C3)cc2C1. The number of nitrogens with zero attached hydrogens (tertiary/aromatic N) is 5. The van der Waals surface area contributed by atoms with E-state index in [1.165, 1.54) is 17.5 Å². The number of piperidine rings is 1. The Balaban J connectivity index is 1.18. The summed E-state index contributed by atoms with van der Waals surface area (Å²) in [6, 6.07) is 22.1. The largest absolute Gasteiger partial charge is 0.326 e. The van der Waals surface area contributed by atoms with Gasteiger partial charge in [-0.15, -0.1) is 5.10 Å². The van der Waals surface area contributed by atoms with E-state index >= 15 is 0 Å². The molecule has 9 heteroatoms. The number of hydrogen-bond acceptors (Lipinski definition) is 5. The van der Waals surface area contributed by atoms with Crippen molar-refractivity contribution in [1.29, 1.82) is 0 Å². The molecular formula is C34H30ClN6O2+. The standard InChI is InChI=1S/C34H29ClN6O2/c35-28-11-12-32(41-21-37-38-39-41)25(16-28)10-13-33(43)40-14-4-7-30(22-5-2-1-3-6-22)34(40)31-19-27(20-36-31)23-8-9-24-17-29(42)18-26(24)15-23/h1-3,5-6,8-13,15-16,20-21,30,34H,4,7,14,17-19H2/p+1/b13-10+/t30-,34-/m0/s1. The number of amides is 1. The van der Waals surface area contributed by atoms with Crippen molar-refractivity contribution in [3.8, 4) is 5.69 Å². The quantitative estimate of drug-likeness (QED) is 0.346. The first-order valence-corrected chi connectivity index (χ1v) is 14.9. The molecule has 0 spiro atoms. The summed E-state index contributed by atoms with van der Waals surface area (Å²) < 4.78 is 1.55. The molecule has 3 aromatic carbocycles. The van der Waals surface area contributed by atoms with Crippen LogP contribution in [0.1, 0.15) is 53.0 Å². The normalized spacial score (nSPS) is 19.9. The molecule has 4 aromatic rings. The van der Waals surface area contributed by atoms with Gasteiger partial charge in [-0.3, -0.25) is 9.59 Å². The third-order valence-electron chi connectivity index (χ3n) is 8.65. The van der Waals surface area contributed by atoms with Crippen LogP contribution < -0.4 is 4.99 Å². The average Bonchev–Trinajstić information content (AvgIpc) is 3.81. The van der Waals surface area contributed by atoms with Gasteiger partial charge in [-0.25, -0.2) is 4.99 Å². The van der Waals surface area contributed by atoms with Gasteiger partial charge >= 0.3 is 0 Å². The van der Waals surface area contributed by atoms with Gasteiger partial charge in [-0.2, -0.15) is 4.68 Å². The Kier molecular flexibility index (Phi) is 7.28. The lowest BCUT2D eigenvalue weighted by Crippen LogP contribution is -2.70. The predicted octanol–water partition coefficient (Wildman–Crippen LogP) is 3.74. The van der Waals surface area contributed by atoms with Gasteiger partial charge in [0.05, 0.1) is 12.1 Å². The zero-order chi connectivity index (χ0) is 29.3. The first-order valence-electron chi connectivity index (χ1n) is 14.6. The van der Waals surface area contributed by atoms with Crippen molar-refractivity contribution in [2.75, 3.05) is 6.54 Å². The fourth-order valence-electron chi connectivity index (χ4n) is 6.63. The molecule has 1 amide bonds. The first-order chi connectivity index (χ1) is 21.0. The van der Waals surface area contributed by atoms with Crippen molar-refractivity contribution in [2.24, 2.45) is 0 Å². The number of allylic oxidation sites excluding steroid dienone is 1. The topological polar surface area (TPSA) is 95.0 Å². The van der Waals surface area contributed by atoms with E-state index in [1.807, 2.05) is 17.0 Å². The van der Waals surface area contributed by atoms with E-state index in [9.17, 15) is 9.59 Å². The van der Waals surface area contributed by atoms with E-state index in [4.69, 9.17) is 11.6 Å². The highest BCUT2D eigenvalue weighted by Crippen LogP contribution is 2.36. The van der Waals surface area contributed by atoms with Gasteiger partial charge in [0.15, 0.2) is 11.9 Å². The van der Waals surface area contributed by atoms with Gasteiger partial charge in [0.1, 0.15) is 18.2 Å². The van der Waals surface area contributed by atoms with Crippen molar-refractivity contribution in [3.63, 3.8) is 0 Å². The highest BCUT2D eigenvalue weighted by Gasteiger charge is 2.42. The molecule has 2 aliphatic heterocycles. The lowest BCUT2D eigenvalue weighted by Gasteiger charge is -2.39. The fourth-order valence-corrected chi connectivity index (χ4v) is 6.81. The van der Waals surface area contributed by atoms with Crippen LogP contribution in [-0.4, -0.2) is 55.1 Å². The highest BCUT2D eigenvalue weighted by atomic mass is 35.5. The van der Waals surface area contributed by atoms with E-state index in [2.05, 4.69) is 69.2 Å². The number of fused-ring (bicyclic) bond motifs is 1. The van der Waals surface area contributed by atoms with E-state index in [0.29, 0.717) is 30.8 Å². The number of halogens is 1. The molecule has 214 valence electrons. The Morgan fingerprint density at radius 3 is 2.70 bits per heavy atom. The number of carbonyl (C=O) groups is 2. The van der Waals surface area contributed by atoms with Crippen LogP contribution in [0.4, 0.5) is 0 Å². The summed E-state index contributed by atoms with van der Waals surface area (Å²) in [6.07, 6.45) is 10.6.